The number of sulfonamides is 1. The summed E-state index contributed by atoms with van der Waals surface area (Å²) >= 11 is 0. The molecule has 0 aromatic rings. The predicted octanol–water partition coefficient (Wildman–Crippen LogP) is -0.692. The predicted molar refractivity (Wildman–Crippen MR) is 112 cm³/mol. The highest BCUT2D eigenvalue weighted by atomic mass is 32.2. The van der Waals surface area contributed by atoms with E-state index in [0.717, 1.165) is 0 Å². The third kappa shape index (κ3) is 4.29. The molecule has 0 radical (unpaired) electrons. The van der Waals surface area contributed by atoms with Crippen molar-refractivity contribution < 1.29 is 32.7 Å². The van der Waals surface area contributed by atoms with Crippen molar-refractivity contribution in [2.24, 2.45) is 5.92 Å². The van der Waals surface area contributed by atoms with Crippen molar-refractivity contribution in [2.75, 3.05) is 13.1 Å². The Morgan fingerprint density at radius 3 is 2.56 bits per heavy atom. The van der Waals surface area contributed by atoms with Gasteiger partial charge in [-0.1, -0.05) is 17.9 Å². The van der Waals surface area contributed by atoms with Crippen LogP contribution in [0.15, 0.2) is 12.7 Å². The molecule has 4 N–H and O–H groups in total. The van der Waals surface area contributed by atoms with Crippen molar-refractivity contribution in [2.45, 2.75) is 55.4 Å². The molecule has 1 saturated carbocycles. The van der Waals surface area contributed by atoms with E-state index in [4.69, 9.17) is 5.11 Å². The lowest BCUT2D eigenvalue weighted by Gasteiger charge is -2.34. The zero-order chi connectivity index (χ0) is 23.7. The highest BCUT2D eigenvalue weighted by Crippen LogP contribution is 2.42. The maximum atomic E-state index is 13.2. The smallest absolute Gasteiger partial charge is 0.405 e. The van der Waals surface area contributed by atoms with E-state index < -0.39 is 62.6 Å². The van der Waals surface area contributed by atoms with Gasteiger partial charge >= 0.3 is 6.09 Å². The topological polar surface area (TPSA) is 162 Å². The number of carboxylic acid groups (broad SMARTS) is 1. The Labute approximate surface area is 186 Å². The van der Waals surface area contributed by atoms with E-state index in [1.54, 1.807) is 0 Å². The largest absolute Gasteiger partial charge is 0.465 e. The number of amides is 4. The van der Waals surface area contributed by atoms with Gasteiger partial charge in [0.2, 0.25) is 21.8 Å². The van der Waals surface area contributed by atoms with Gasteiger partial charge in [0.1, 0.15) is 12.6 Å². The van der Waals surface area contributed by atoms with Crippen molar-refractivity contribution in [3.05, 3.63) is 12.7 Å². The van der Waals surface area contributed by atoms with Gasteiger partial charge in [0, 0.05) is 18.9 Å². The van der Waals surface area contributed by atoms with Crippen LogP contribution in [0, 0.1) is 17.8 Å². The van der Waals surface area contributed by atoms with Crippen LogP contribution in [0.25, 0.3) is 0 Å². The second-order valence-corrected chi connectivity index (χ2v) is 10.6. The van der Waals surface area contributed by atoms with E-state index in [9.17, 15) is 27.6 Å². The van der Waals surface area contributed by atoms with E-state index in [2.05, 4.69) is 28.5 Å². The minimum absolute atomic E-state index is 0.199. The minimum Gasteiger partial charge on any atom is -0.465 e. The molecule has 0 aromatic carbocycles. The normalized spacial score (nSPS) is 27.6. The zero-order valence-electron chi connectivity index (χ0n) is 17.6. The number of likely N-dealkylation sites (tertiary alicyclic amines) is 1. The molecule has 0 spiro atoms. The summed E-state index contributed by atoms with van der Waals surface area (Å²) in [6.45, 7) is 4.97. The number of nitrogens with one attached hydrogen (secondary N) is 3. The van der Waals surface area contributed by atoms with Gasteiger partial charge in [0.25, 0.3) is 5.91 Å². The van der Waals surface area contributed by atoms with Gasteiger partial charge in [-0.3, -0.25) is 14.4 Å². The van der Waals surface area contributed by atoms with Gasteiger partial charge in [-0.25, -0.2) is 17.9 Å². The molecule has 1 aliphatic heterocycles. The second-order valence-electron chi connectivity index (χ2n) is 8.43. The number of carbonyl (C=O) groups is 4. The number of hydrogen-bond acceptors (Lipinski definition) is 6. The summed E-state index contributed by atoms with van der Waals surface area (Å²) in [7, 11) is -3.97. The molecule has 3 atom stereocenters. The van der Waals surface area contributed by atoms with Crippen LogP contribution in [-0.2, 0) is 24.4 Å². The summed E-state index contributed by atoms with van der Waals surface area (Å²) in [6, 6.07) is -0.937. The van der Waals surface area contributed by atoms with Gasteiger partial charge in [-0.15, -0.1) is 6.58 Å². The van der Waals surface area contributed by atoms with Crippen molar-refractivity contribution in [3.63, 3.8) is 0 Å². The monoisotopic (exact) mass is 466 g/mol. The van der Waals surface area contributed by atoms with Gasteiger partial charge in [0.15, 0.2) is 5.54 Å². The first-order valence-electron chi connectivity index (χ1n) is 10.2. The molecule has 0 unspecified atom stereocenters. The van der Waals surface area contributed by atoms with Crippen molar-refractivity contribution in [1.29, 1.82) is 0 Å². The molecule has 0 aromatic heterocycles. The van der Waals surface area contributed by atoms with Crippen LogP contribution in [-0.4, -0.2) is 71.7 Å². The Kier molecular flexibility index (Phi) is 6.24. The lowest BCUT2D eigenvalue weighted by atomic mass is 9.85. The third-order valence-corrected chi connectivity index (χ3v) is 8.38. The first-order chi connectivity index (χ1) is 15.0. The fourth-order valence-electron chi connectivity index (χ4n) is 3.85. The molecule has 1 heterocycles. The molecule has 174 valence electrons. The zero-order valence-corrected chi connectivity index (χ0v) is 18.5. The summed E-state index contributed by atoms with van der Waals surface area (Å²) in [6.07, 6.45) is 1.93. The number of hydrogen-bond donors (Lipinski definition) is 4. The van der Waals surface area contributed by atoms with Crippen LogP contribution in [0.4, 0.5) is 4.79 Å². The molecule has 1 saturated heterocycles. The Bertz CT molecular complexity index is 1020. The van der Waals surface area contributed by atoms with Crippen LogP contribution in [0.3, 0.4) is 0 Å². The molecule has 2 aliphatic carbocycles. The molecule has 2 fully saturated rings. The first kappa shape index (κ1) is 23.6. The summed E-state index contributed by atoms with van der Waals surface area (Å²) in [5.41, 5.74) is -1.84. The molecular weight excluding hydrogens is 440 g/mol. The molecular formula is C20H26N4O7S. The molecule has 12 heteroatoms. The molecule has 4 amide bonds. The van der Waals surface area contributed by atoms with E-state index >= 15 is 0 Å². The van der Waals surface area contributed by atoms with Crippen molar-refractivity contribution in [1.82, 2.24) is 20.3 Å². The quantitative estimate of drug-likeness (QED) is 0.272. The van der Waals surface area contributed by atoms with Gasteiger partial charge < -0.3 is 20.6 Å². The minimum atomic E-state index is -3.97. The van der Waals surface area contributed by atoms with Crippen LogP contribution >= 0.6 is 0 Å². The maximum Gasteiger partial charge on any atom is 0.405 e. The fourth-order valence-corrected chi connectivity index (χ4v) is 5.14. The third-order valence-electron chi connectivity index (χ3n) is 6.22. The summed E-state index contributed by atoms with van der Waals surface area (Å²) in [4.78, 5) is 50.5. The number of nitrogens with zero attached hydrogens (tertiary/aromatic N) is 1. The molecule has 0 bridgehead atoms. The number of rotatable bonds is 8. The van der Waals surface area contributed by atoms with Crippen LogP contribution < -0.4 is 15.4 Å². The second kappa shape index (κ2) is 8.46. The molecule has 3 rings (SSSR count). The lowest BCUT2D eigenvalue weighted by molar-refractivity contribution is -0.139. The first-order valence-corrected chi connectivity index (χ1v) is 11.7. The summed E-state index contributed by atoms with van der Waals surface area (Å²) in [5, 5.41) is 13.3. The van der Waals surface area contributed by atoms with E-state index in [1.807, 2.05) is 5.32 Å². The number of carbonyl (C=O) groups excluding carboxylic acids is 3. The van der Waals surface area contributed by atoms with Crippen molar-refractivity contribution in [3.8, 4) is 11.8 Å². The van der Waals surface area contributed by atoms with Crippen molar-refractivity contribution >= 4 is 33.8 Å². The van der Waals surface area contributed by atoms with E-state index in [-0.39, 0.29) is 13.0 Å². The Hall–Kier alpha value is -3.07. The van der Waals surface area contributed by atoms with Gasteiger partial charge in [-0.05, 0) is 32.6 Å². The Morgan fingerprint density at radius 2 is 1.97 bits per heavy atom. The summed E-state index contributed by atoms with van der Waals surface area (Å²) in [5.74, 6) is 2.54. The average molecular weight is 467 g/mol. The summed E-state index contributed by atoms with van der Waals surface area (Å²) < 4.78 is 26.3. The standard InChI is InChI=1S/C20H26N4O7S/c1-3-13-6-4-8-20(13,17(27)23-32(30,31)19(2)9-10-19)22-16(26)14-7-5-11-24(14)15(25)12-21-18(28)29/h3,13-14,21H,1,5-7,9-12H2,2H3,(H,22,26)(H,23,27)(H,28,29)/t13-,14+,20-/m1/s1. The lowest BCUT2D eigenvalue weighted by Crippen LogP contribution is -2.64. The molecule has 11 nitrogen and oxygen atoms in total. The van der Waals surface area contributed by atoms with Gasteiger partial charge in [-0.2, -0.15) is 0 Å². The fraction of sp³-hybridized carbons (Fsp3) is 0.600. The maximum absolute atomic E-state index is 13.2. The highest BCUT2D eigenvalue weighted by Gasteiger charge is 2.55. The average Bonchev–Trinajstić information content (AvgIpc) is 3.16. The highest BCUT2D eigenvalue weighted by molar-refractivity contribution is 7.91. The Morgan fingerprint density at radius 1 is 1.28 bits per heavy atom. The molecule has 32 heavy (non-hydrogen) atoms. The van der Waals surface area contributed by atoms with Crippen LogP contribution in [0.1, 0.15) is 39.0 Å². The van der Waals surface area contributed by atoms with Gasteiger partial charge in [0.05, 0.1) is 4.75 Å². The van der Waals surface area contributed by atoms with Crippen LogP contribution in [0.2, 0.25) is 0 Å². The SMILES string of the molecule is C=C[C@@H]1CC#C[C@]1(NC(=O)[C@@H]1CCCN1C(=O)CNC(=O)O)C(=O)NS(=O)(=O)C1(C)CC1. The van der Waals surface area contributed by atoms with E-state index in [1.165, 1.54) is 17.9 Å². The van der Waals surface area contributed by atoms with Crippen LogP contribution in [0.5, 0.6) is 0 Å². The Balaban J connectivity index is 1.80. The molecule has 3 aliphatic rings. The van der Waals surface area contributed by atoms with E-state index in [0.29, 0.717) is 25.7 Å².